The largest absolute Gasteiger partial charge is 0.496 e. The third kappa shape index (κ3) is 6.98. The number of methoxy groups -OCH3 is 1. The minimum Gasteiger partial charge on any atom is -0.496 e. The van der Waals surface area contributed by atoms with Gasteiger partial charge >= 0.3 is 0 Å². The number of nitrogens with zero attached hydrogens (tertiary/aromatic N) is 1. The van der Waals surface area contributed by atoms with Crippen LogP contribution >= 0.6 is 0 Å². The molecule has 0 saturated carbocycles. The van der Waals surface area contributed by atoms with Gasteiger partial charge in [-0.05, 0) is 68.1 Å². The minimum atomic E-state index is -0.504. The van der Waals surface area contributed by atoms with Gasteiger partial charge in [-0.1, -0.05) is 54.0 Å². The molecule has 1 heterocycles. The van der Waals surface area contributed by atoms with E-state index >= 15 is 0 Å². The maximum absolute atomic E-state index is 14.9. The van der Waals surface area contributed by atoms with Crippen LogP contribution in [0.15, 0.2) is 66.7 Å². The van der Waals surface area contributed by atoms with Crippen LogP contribution in [0.3, 0.4) is 0 Å². The SMILES string of the molecule is Bc1ccc(OC)c(CCc2c(F)cccc2C(=O)NC(=N)NC(CN2CCCC2)c2ccccc2)c1. The predicted octanol–water partition coefficient (Wildman–Crippen LogP) is 2.97. The second-order valence-electron chi connectivity index (χ2n) is 9.53. The van der Waals surface area contributed by atoms with Crippen molar-refractivity contribution in [2.24, 2.45) is 0 Å². The summed E-state index contributed by atoms with van der Waals surface area (Å²) in [5, 5.41) is 14.3. The number of likely N-dealkylation sites (tertiary alicyclic amines) is 1. The van der Waals surface area contributed by atoms with Crippen LogP contribution in [0.5, 0.6) is 5.75 Å². The molecule has 3 aromatic carbocycles. The zero-order valence-corrected chi connectivity index (χ0v) is 21.5. The van der Waals surface area contributed by atoms with Crippen molar-refractivity contribution in [1.82, 2.24) is 15.5 Å². The lowest BCUT2D eigenvalue weighted by Gasteiger charge is -2.26. The molecule has 3 aromatic rings. The van der Waals surface area contributed by atoms with Crippen molar-refractivity contribution >= 4 is 25.2 Å². The fourth-order valence-corrected chi connectivity index (χ4v) is 4.92. The second kappa shape index (κ2) is 12.5. The first-order valence-corrected chi connectivity index (χ1v) is 12.8. The molecule has 1 amide bonds. The van der Waals surface area contributed by atoms with E-state index in [9.17, 15) is 9.18 Å². The quantitative estimate of drug-likeness (QED) is 0.240. The number of nitrogens with one attached hydrogen (secondary N) is 3. The summed E-state index contributed by atoms with van der Waals surface area (Å²) in [5.74, 6) is -0.302. The minimum absolute atomic E-state index is 0.103. The Morgan fingerprint density at radius 3 is 2.57 bits per heavy atom. The van der Waals surface area contributed by atoms with Gasteiger partial charge in [0.25, 0.3) is 5.91 Å². The van der Waals surface area contributed by atoms with E-state index in [1.54, 1.807) is 13.2 Å². The van der Waals surface area contributed by atoms with Crippen molar-refractivity contribution < 1.29 is 13.9 Å². The van der Waals surface area contributed by atoms with E-state index < -0.39 is 11.7 Å². The summed E-state index contributed by atoms with van der Waals surface area (Å²) in [4.78, 5) is 15.6. The van der Waals surface area contributed by atoms with Gasteiger partial charge in [-0.2, -0.15) is 0 Å². The third-order valence-corrected chi connectivity index (χ3v) is 6.84. The van der Waals surface area contributed by atoms with Crippen molar-refractivity contribution in [3.8, 4) is 5.75 Å². The zero-order chi connectivity index (χ0) is 26.2. The van der Waals surface area contributed by atoms with Crippen LogP contribution in [0.25, 0.3) is 0 Å². The fraction of sp³-hybridized carbons (Fsp3) is 0.310. The molecule has 1 aliphatic heterocycles. The molecule has 1 aliphatic rings. The Balaban J connectivity index is 1.46. The van der Waals surface area contributed by atoms with Gasteiger partial charge in [-0.25, -0.2) is 4.39 Å². The van der Waals surface area contributed by atoms with Gasteiger partial charge in [-0.15, -0.1) is 0 Å². The van der Waals surface area contributed by atoms with E-state index in [2.05, 4.69) is 15.5 Å². The fourth-order valence-electron chi connectivity index (χ4n) is 4.92. The van der Waals surface area contributed by atoms with Gasteiger partial charge in [-0.3, -0.25) is 15.5 Å². The molecule has 0 radical (unpaired) electrons. The van der Waals surface area contributed by atoms with Crippen LogP contribution in [0, 0.1) is 11.2 Å². The Kier molecular flexibility index (Phi) is 8.96. The molecule has 0 bridgehead atoms. The Morgan fingerprint density at radius 2 is 1.84 bits per heavy atom. The molecule has 37 heavy (non-hydrogen) atoms. The third-order valence-electron chi connectivity index (χ3n) is 6.84. The van der Waals surface area contributed by atoms with E-state index in [1.807, 2.05) is 56.4 Å². The number of guanidine groups is 1. The van der Waals surface area contributed by atoms with E-state index in [-0.39, 0.29) is 17.6 Å². The lowest BCUT2D eigenvalue weighted by atomic mass is 9.91. The first-order chi connectivity index (χ1) is 17.9. The molecule has 3 N–H and O–H groups in total. The van der Waals surface area contributed by atoms with Gasteiger partial charge in [0.1, 0.15) is 19.4 Å². The van der Waals surface area contributed by atoms with E-state index in [4.69, 9.17) is 10.1 Å². The smallest absolute Gasteiger partial charge is 0.258 e. The molecule has 0 spiro atoms. The Hall–Kier alpha value is -3.65. The van der Waals surface area contributed by atoms with Crippen molar-refractivity contribution in [1.29, 1.82) is 5.41 Å². The summed E-state index contributed by atoms with van der Waals surface area (Å²) < 4.78 is 20.3. The molecule has 0 aliphatic carbocycles. The van der Waals surface area contributed by atoms with Gasteiger partial charge in [0, 0.05) is 17.7 Å². The summed E-state index contributed by atoms with van der Waals surface area (Å²) >= 11 is 0. The number of rotatable bonds is 9. The monoisotopic (exact) mass is 500 g/mol. The normalized spacial score (nSPS) is 14.2. The topological polar surface area (TPSA) is 77.4 Å². The van der Waals surface area contributed by atoms with E-state index in [0.717, 1.165) is 42.0 Å². The zero-order valence-electron chi connectivity index (χ0n) is 21.5. The van der Waals surface area contributed by atoms with Crippen LogP contribution in [-0.4, -0.2) is 51.4 Å². The highest BCUT2D eigenvalue weighted by Gasteiger charge is 2.22. The van der Waals surface area contributed by atoms with Crippen molar-refractivity contribution in [2.45, 2.75) is 31.7 Å². The van der Waals surface area contributed by atoms with Crippen LogP contribution in [0.4, 0.5) is 4.39 Å². The average molecular weight is 500 g/mol. The van der Waals surface area contributed by atoms with Crippen molar-refractivity contribution in [3.63, 3.8) is 0 Å². The van der Waals surface area contributed by atoms with Crippen molar-refractivity contribution in [2.75, 3.05) is 26.7 Å². The molecule has 8 heteroatoms. The molecule has 4 rings (SSSR count). The number of carbonyl (C=O) groups excluding carboxylic acids is 1. The number of hydrogen-bond acceptors (Lipinski definition) is 4. The highest BCUT2D eigenvalue weighted by Crippen LogP contribution is 2.22. The summed E-state index contributed by atoms with van der Waals surface area (Å²) in [6, 6.07) is 20.2. The molecular formula is C29H34BFN4O2. The molecule has 6 nitrogen and oxygen atoms in total. The van der Waals surface area contributed by atoms with Crippen LogP contribution in [0.2, 0.25) is 0 Å². The van der Waals surface area contributed by atoms with E-state index in [0.29, 0.717) is 18.4 Å². The maximum atomic E-state index is 14.9. The molecule has 1 unspecified atom stereocenters. The summed E-state index contributed by atoms with van der Waals surface area (Å²) in [7, 11) is 3.61. The molecule has 0 aromatic heterocycles. The number of carbonyl (C=O) groups is 1. The first-order valence-electron chi connectivity index (χ1n) is 12.8. The number of hydrogen-bond donors (Lipinski definition) is 3. The number of benzene rings is 3. The second-order valence-corrected chi connectivity index (χ2v) is 9.53. The highest BCUT2D eigenvalue weighted by molar-refractivity contribution is 6.32. The van der Waals surface area contributed by atoms with Gasteiger partial charge < -0.3 is 15.0 Å². The molecule has 1 atom stereocenters. The highest BCUT2D eigenvalue weighted by atomic mass is 19.1. The number of halogens is 1. The molecule has 192 valence electrons. The lowest BCUT2D eigenvalue weighted by Crippen LogP contribution is -2.45. The van der Waals surface area contributed by atoms with Gasteiger partial charge in [0.2, 0.25) is 0 Å². The summed E-state index contributed by atoms with van der Waals surface area (Å²) in [6.07, 6.45) is 3.20. The van der Waals surface area contributed by atoms with E-state index in [1.165, 1.54) is 25.0 Å². The molecule has 1 fully saturated rings. The summed E-state index contributed by atoms with van der Waals surface area (Å²) in [5.41, 5.74) is 3.65. The number of amides is 1. The van der Waals surface area contributed by atoms with Gasteiger partial charge in [0.15, 0.2) is 5.96 Å². The average Bonchev–Trinajstić information content (AvgIpc) is 3.41. The first kappa shape index (κ1) is 26.4. The molecular weight excluding hydrogens is 466 g/mol. The van der Waals surface area contributed by atoms with Crippen molar-refractivity contribution in [3.05, 3.63) is 94.8 Å². The van der Waals surface area contributed by atoms with Crippen LogP contribution in [-0.2, 0) is 12.8 Å². The predicted molar refractivity (Wildman–Crippen MR) is 148 cm³/mol. The lowest BCUT2D eigenvalue weighted by molar-refractivity contribution is 0.0973. The summed E-state index contributed by atoms with van der Waals surface area (Å²) in [6.45, 7) is 2.80. The Morgan fingerprint density at radius 1 is 1.08 bits per heavy atom. The van der Waals surface area contributed by atoms with Gasteiger partial charge in [0.05, 0.1) is 13.2 Å². The maximum Gasteiger partial charge on any atom is 0.258 e. The Bertz CT molecular complexity index is 1230. The van der Waals surface area contributed by atoms with Crippen LogP contribution < -0.4 is 20.8 Å². The number of ether oxygens (including phenoxy) is 1. The van der Waals surface area contributed by atoms with Crippen LogP contribution in [0.1, 0.15) is 45.9 Å². The standard InChI is InChI=1S/C29H34BFN4O2/c1-37-27-15-13-22(30)18-21(27)12-14-23-24(10-7-11-25(23)31)28(36)34-29(32)33-26(19-35-16-5-6-17-35)20-8-3-2-4-9-20/h2-4,7-11,13,15,18,26H,5-6,12,14,16-17,19,30H2,1H3,(H3,32,33,34,36). The molecule has 1 saturated heterocycles. The number of aryl methyl sites for hydroxylation is 1. The Labute approximate surface area is 219 Å².